The van der Waals surface area contributed by atoms with E-state index in [0.717, 1.165) is 16.7 Å². The number of nitrogens with two attached hydrogens (primary N) is 1. The minimum absolute atomic E-state index is 0.567. The third-order valence-corrected chi connectivity index (χ3v) is 5.81. The summed E-state index contributed by atoms with van der Waals surface area (Å²) in [6, 6.07) is 37.4. The van der Waals surface area contributed by atoms with Crippen LogP contribution in [0.25, 0.3) is 0 Å². The standard InChI is InChI=1S/C28H28N2O2/c29-28(24-19-11-4-12-20-24,27(32)23-17-9-3-10-18-23)30-25(21-13-5-1-6-14-21)26(31)22-15-7-2-8-16-22/h1-20,25-27,30-32H,29H2/t25-,26-,27?,28?/m1/s1. The van der Waals surface area contributed by atoms with Gasteiger partial charge in [0, 0.05) is 0 Å². The van der Waals surface area contributed by atoms with Crippen LogP contribution in [0, 0.1) is 0 Å². The van der Waals surface area contributed by atoms with Gasteiger partial charge >= 0.3 is 0 Å². The van der Waals surface area contributed by atoms with Crippen molar-refractivity contribution in [1.82, 2.24) is 5.32 Å². The van der Waals surface area contributed by atoms with Crippen molar-refractivity contribution in [1.29, 1.82) is 0 Å². The molecular weight excluding hydrogens is 396 g/mol. The fraction of sp³-hybridized carbons (Fsp3) is 0.143. The first-order valence-corrected chi connectivity index (χ1v) is 10.7. The van der Waals surface area contributed by atoms with Crippen molar-refractivity contribution in [3.8, 4) is 0 Å². The second-order valence-electron chi connectivity index (χ2n) is 7.94. The smallest absolute Gasteiger partial charge is 0.124 e. The largest absolute Gasteiger partial charge is 0.386 e. The van der Waals surface area contributed by atoms with E-state index < -0.39 is 23.9 Å². The topological polar surface area (TPSA) is 78.5 Å². The lowest BCUT2D eigenvalue weighted by Gasteiger charge is -2.41. The van der Waals surface area contributed by atoms with Crippen LogP contribution in [0.4, 0.5) is 0 Å². The maximum absolute atomic E-state index is 11.5. The molecule has 4 aromatic rings. The molecule has 162 valence electrons. The lowest BCUT2D eigenvalue weighted by atomic mass is 9.86. The molecule has 0 fully saturated rings. The van der Waals surface area contributed by atoms with Gasteiger partial charge in [0.25, 0.3) is 0 Å². The summed E-state index contributed by atoms with van der Waals surface area (Å²) < 4.78 is 0. The van der Waals surface area contributed by atoms with Gasteiger partial charge in [-0.15, -0.1) is 0 Å². The van der Waals surface area contributed by atoms with Gasteiger partial charge in [-0.25, -0.2) is 0 Å². The van der Waals surface area contributed by atoms with Gasteiger partial charge < -0.3 is 15.9 Å². The van der Waals surface area contributed by atoms with Gasteiger partial charge in [0.15, 0.2) is 0 Å². The highest BCUT2D eigenvalue weighted by molar-refractivity contribution is 5.33. The van der Waals surface area contributed by atoms with E-state index in [1.807, 2.05) is 121 Å². The van der Waals surface area contributed by atoms with Gasteiger partial charge in [-0.2, -0.15) is 0 Å². The number of nitrogens with one attached hydrogen (secondary N) is 1. The van der Waals surface area contributed by atoms with Gasteiger partial charge in [0.05, 0.1) is 12.1 Å². The third-order valence-electron chi connectivity index (χ3n) is 5.81. The molecule has 0 radical (unpaired) electrons. The molecule has 4 nitrogen and oxygen atoms in total. The minimum Gasteiger partial charge on any atom is -0.386 e. The van der Waals surface area contributed by atoms with Gasteiger partial charge in [-0.3, -0.25) is 5.32 Å². The first-order valence-electron chi connectivity index (χ1n) is 10.7. The molecule has 0 aliphatic carbocycles. The van der Waals surface area contributed by atoms with Crippen LogP contribution < -0.4 is 11.1 Å². The Morgan fingerprint density at radius 1 is 0.562 bits per heavy atom. The van der Waals surface area contributed by atoms with Crippen LogP contribution in [0.3, 0.4) is 0 Å². The van der Waals surface area contributed by atoms with Crippen LogP contribution >= 0.6 is 0 Å². The second-order valence-corrected chi connectivity index (χ2v) is 7.94. The van der Waals surface area contributed by atoms with E-state index in [1.54, 1.807) is 0 Å². The molecule has 0 aliphatic heterocycles. The Hall–Kier alpha value is -3.28. The first-order chi connectivity index (χ1) is 15.6. The summed E-state index contributed by atoms with van der Waals surface area (Å²) in [6.07, 6.45) is -1.94. The van der Waals surface area contributed by atoms with Crippen LogP contribution in [-0.4, -0.2) is 10.2 Å². The highest BCUT2D eigenvalue weighted by atomic mass is 16.3. The molecule has 0 bridgehead atoms. The van der Waals surface area contributed by atoms with E-state index in [9.17, 15) is 10.2 Å². The van der Waals surface area contributed by atoms with Crippen LogP contribution in [0.5, 0.6) is 0 Å². The van der Waals surface area contributed by atoms with E-state index in [4.69, 9.17) is 5.73 Å². The Kier molecular flexibility index (Phi) is 6.78. The summed E-state index contributed by atoms with van der Waals surface area (Å²) in [5.41, 5.74) is 8.65. The molecule has 4 heteroatoms. The highest BCUT2D eigenvalue weighted by Gasteiger charge is 2.40. The molecule has 2 unspecified atom stereocenters. The van der Waals surface area contributed by atoms with E-state index in [1.165, 1.54) is 0 Å². The first kappa shape index (κ1) is 21.9. The molecular formula is C28H28N2O2. The predicted octanol–water partition coefficient (Wildman–Crippen LogP) is 4.60. The monoisotopic (exact) mass is 424 g/mol. The Morgan fingerprint density at radius 3 is 1.47 bits per heavy atom. The maximum Gasteiger partial charge on any atom is 0.124 e. The number of hydrogen-bond acceptors (Lipinski definition) is 4. The van der Waals surface area contributed by atoms with Crippen LogP contribution in [-0.2, 0) is 5.66 Å². The fourth-order valence-corrected chi connectivity index (χ4v) is 4.04. The molecule has 0 saturated carbocycles. The minimum atomic E-state index is -1.36. The quantitative estimate of drug-likeness (QED) is 0.312. The van der Waals surface area contributed by atoms with Crippen LogP contribution in [0.1, 0.15) is 40.5 Å². The SMILES string of the molecule is NC(N[C@H](c1ccccc1)[C@H](O)c1ccccc1)(c1ccccc1)C(O)c1ccccc1. The maximum atomic E-state index is 11.5. The lowest BCUT2D eigenvalue weighted by molar-refractivity contribution is 0.0253. The molecule has 0 amide bonds. The summed E-state index contributed by atoms with van der Waals surface area (Å²) >= 11 is 0. The van der Waals surface area contributed by atoms with E-state index in [-0.39, 0.29) is 0 Å². The second kappa shape index (κ2) is 9.90. The molecule has 0 heterocycles. The van der Waals surface area contributed by atoms with Crippen molar-refractivity contribution in [3.05, 3.63) is 144 Å². The van der Waals surface area contributed by atoms with E-state index in [0.29, 0.717) is 5.56 Å². The number of rotatable bonds is 8. The molecule has 4 aromatic carbocycles. The van der Waals surface area contributed by atoms with E-state index in [2.05, 4.69) is 5.32 Å². The number of aliphatic hydroxyl groups excluding tert-OH is 2. The molecule has 0 aliphatic rings. The van der Waals surface area contributed by atoms with Gasteiger partial charge in [-0.05, 0) is 22.3 Å². The molecule has 5 N–H and O–H groups in total. The van der Waals surface area contributed by atoms with Gasteiger partial charge in [0.1, 0.15) is 11.8 Å². The zero-order valence-corrected chi connectivity index (χ0v) is 17.8. The molecule has 4 rings (SSSR count). The summed E-state index contributed by atoms with van der Waals surface area (Å²) in [4.78, 5) is 0. The zero-order valence-electron chi connectivity index (χ0n) is 17.8. The lowest BCUT2D eigenvalue weighted by Crippen LogP contribution is -2.56. The van der Waals surface area contributed by atoms with Gasteiger partial charge in [-0.1, -0.05) is 121 Å². The Labute approximate surface area is 189 Å². The van der Waals surface area contributed by atoms with E-state index >= 15 is 0 Å². The summed E-state index contributed by atoms with van der Waals surface area (Å²) in [5, 5.41) is 26.3. The van der Waals surface area contributed by atoms with Crippen molar-refractivity contribution in [2.24, 2.45) is 5.73 Å². The number of aliphatic hydroxyl groups is 2. The average Bonchev–Trinajstić information content (AvgIpc) is 2.88. The average molecular weight is 425 g/mol. The number of hydrogen-bond donors (Lipinski definition) is 4. The molecule has 32 heavy (non-hydrogen) atoms. The predicted molar refractivity (Wildman–Crippen MR) is 127 cm³/mol. The fourth-order valence-electron chi connectivity index (χ4n) is 4.04. The molecule has 4 atom stereocenters. The Bertz CT molecular complexity index is 1090. The molecule has 0 saturated heterocycles. The zero-order chi connectivity index (χ0) is 22.4. The summed E-state index contributed by atoms with van der Waals surface area (Å²) in [6.45, 7) is 0. The Balaban J connectivity index is 1.80. The van der Waals surface area contributed by atoms with Gasteiger partial charge in [0.2, 0.25) is 0 Å². The van der Waals surface area contributed by atoms with Crippen molar-refractivity contribution in [2.75, 3.05) is 0 Å². The Morgan fingerprint density at radius 2 is 0.969 bits per heavy atom. The highest BCUT2D eigenvalue weighted by Crippen LogP contribution is 2.37. The van der Waals surface area contributed by atoms with Crippen molar-refractivity contribution in [3.63, 3.8) is 0 Å². The van der Waals surface area contributed by atoms with Crippen molar-refractivity contribution in [2.45, 2.75) is 23.9 Å². The van der Waals surface area contributed by atoms with Crippen molar-refractivity contribution < 1.29 is 10.2 Å². The summed E-state index contributed by atoms with van der Waals surface area (Å²) in [5.74, 6) is 0. The molecule has 0 aromatic heterocycles. The third kappa shape index (κ3) is 4.64. The van der Waals surface area contributed by atoms with Crippen LogP contribution in [0.2, 0.25) is 0 Å². The normalized spacial score (nSPS) is 16.0. The number of benzene rings is 4. The van der Waals surface area contributed by atoms with Crippen LogP contribution in [0.15, 0.2) is 121 Å². The molecule has 0 spiro atoms. The van der Waals surface area contributed by atoms with Crippen molar-refractivity contribution >= 4 is 0 Å². The summed E-state index contributed by atoms with van der Waals surface area (Å²) in [7, 11) is 0.